The lowest BCUT2D eigenvalue weighted by molar-refractivity contribution is -0.943. The fourth-order valence-electron chi connectivity index (χ4n) is 3.75. The zero-order chi connectivity index (χ0) is 11.4. The Bertz CT molecular complexity index is 333. The second-order valence-electron chi connectivity index (χ2n) is 6.73. The van der Waals surface area contributed by atoms with E-state index in [1.807, 2.05) is 0 Å². The third-order valence-electron chi connectivity index (χ3n) is 4.75. The maximum absolute atomic E-state index is 13.1. The second kappa shape index (κ2) is 3.32. The fourth-order valence-corrected chi connectivity index (χ4v) is 8.09. The normalized spacial score (nSPS) is 56.8. The summed E-state index contributed by atoms with van der Waals surface area (Å²) in [4.78, 5) is 2.47. The molecule has 3 saturated heterocycles. The van der Waals surface area contributed by atoms with Crippen molar-refractivity contribution in [3.8, 4) is 0 Å². The van der Waals surface area contributed by atoms with E-state index in [1.54, 1.807) is 0 Å². The standard InChI is InChI=1S/C11H24N3OP/c1-13-5-3-12-4-6-14(2,8-7-13)11-16(15,9-12)10-13/h3-11H2,1-2H3/q+2. The molecule has 92 valence electrons. The number of quaternary nitrogens is 2. The van der Waals surface area contributed by atoms with Crippen LogP contribution in [0.1, 0.15) is 0 Å². The lowest BCUT2D eigenvalue weighted by Gasteiger charge is -2.32. The van der Waals surface area contributed by atoms with Gasteiger partial charge in [-0.1, -0.05) is 0 Å². The molecule has 0 aromatic carbocycles. The van der Waals surface area contributed by atoms with Crippen LogP contribution < -0.4 is 0 Å². The fraction of sp³-hybridized carbons (Fsp3) is 1.00. The van der Waals surface area contributed by atoms with Crippen molar-refractivity contribution in [1.82, 2.24) is 4.90 Å². The third-order valence-corrected chi connectivity index (χ3v) is 8.06. The summed E-state index contributed by atoms with van der Waals surface area (Å²) in [6.45, 7) is 7.14. The molecule has 0 N–H and O–H groups in total. The van der Waals surface area contributed by atoms with Crippen LogP contribution in [-0.2, 0) is 4.57 Å². The van der Waals surface area contributed by atoms with Gasteiger partial charge in [0.2, 0.25) is 7.14 Å². The number of hydrogen-bond acceptors (Lipinski definition) is 2. The average molecular weight is 245 g/mol. The van der Waals surface area contributed by atoms with Crippen LogP contribution in [0.25, 0.3) is 0 Å². The molecule has 2 unspecified atom stereocenters. The summed E-state index contributed by atoms with van der Waals surface area (Å²) in [6.07, 6.45) is 2.81. The molecular weight excluding hydrogens is 221 g/mol. The summed E-state index contributed by atoms with van der Waals surface area (Å²) >= 11 is 0. The van der Waals surface area contributed by atoms with Gasteiger partial charge in [0.05, 0.1) is 33.5 Å². The van der Waals surface area contributed by atoms with Gasteiger partial charge in [-0.05, 0) is 0 Å². The van der Waals surface area contributed by atoms with Crippen LogP contribution >= 0.6 is 7.14 Å². The molecule has 3 fully saturated rings. The molecule has 4 nitrogen and oxygen atoms in total. The average Bonchev–Trinajstić information content (AvgIpc) is 2.41. The van der Waals surface area contributed by atoms with E-state index >= 15 is 0 Å². The number of fused-ring (bicyclic) bond motifs is 3. The maximum Gasteiger partial charge on any atom is 0.204 e. The van der Waals surface area contributed by atoms with Crippen LogP contribution in [-0.4, -0.2) is 86.1 Å². The van der Waals surface area contributed by atoms with Gasteiger partial charge in [0, 0.05) is 13.1 Å². The molecule has 0 radical (unpaired) electrons. The predicted octanol–water partition coefficient (Wildman–Crippen LogP) is 0.458. The van der Waals surface area contributed by atoms with E-state index in [1.165, 1.54) is 26.2 Å². The van der Waals surface area contributed by atoms with Crippen molar-refractivity contribution < 1.29 is 13.5 Å². The van der Waals surface area contributed by atoms with E-state index in [0.717, 1.165) is 40.9 Å². The molecule has 0 spiro atoms. The number of hydrogen-bond donors (Lipinski definition) is 0. The third kappa shape index (κ3) is 1.86. The van der Waals surface area contributed by atoms with Crippen molar-refractivity contribution in [2.45, 2.75) is 0 Å². The molecule has 4 bridgehead atoms. The van der Waals surface area contributed by atoms with Crippen LogP contribution in [0.5, 0.6) is 0 Å². The smallest absolute Gasteiger partial charge is 0.204 e. The highest BCUT2D eigenvalue weighted by Crippen LogP contribution is 2.53. The van der Waals surface area contributed by atoms with Gasteiger partial charge in [-0.25, -0.2) is 0 Å². The Morgan fingerprint density at radius 2 is 1.44 bits per heavy atom. The van der Waals surface area contributed by atoms with Crippen LogP contribution in [0.3, 0.4) is 0 Å². The molecule has 0 aromatic rings. The summed E-state index contributed by atoms with van der Waals surface area (Å²) in [5.74, 6) is 0. The number of nitrogens with zero attached hydrogens (tertiary/aromatic N) is 3. The van der Waals surface area contributed by atoms with E-state index in [0.29, 0.717) is 0 Å². The molecule has 0 aliphatic carbocycles. The molecule has 3 heterocycles. The van der Waals surface area contributed by atoms with E-state index in [9.17, 15) is 4.57 Å². The highest BCUT2D eigenvalue weighted by Gasteiger charge is 2.50. The molecule has 0 saturated carbocycles. The number of likely N-dealkylation sites (N-methyl/N-ethyl adjacent to an activating group) is 2. The van der Waals surface area contributed by atoms with Crippen LogP contribution in [0.15, 0.2) is 0 Å². The Hall–Kier alpha value is 0.110. The van der Waals surface area contributed by atoms with Gasteiger partial charge in [-0.3, -0.25) is 4.90 Å². The Labute approximate surface area is 98.4 Å². The van der Waals surface area contributed by atoms with E-state index < -0.39 is 7.14 Å². The van der Waals surface area contributed by atoms with Crippen molar-refractivity contribution in [2.75, 3.05) is 72.2 Å². The predicted molar refractivity (Wildman–Crippen MR) is 65.6 cm³/mol. The Morgan fingerprint density at radius 1 is 0.938 bits per heavy atom. The van der Waals surface area contributed by atoms with Crippen molar-refractivity contribution in [3.63, 3.8) is 0 Å². The second-order valence-corrected chi connectivity index (χ2v) is 9.70. The van der Waals surface area contributed by atoms with Gasteiger partial charge in [0.15, 0.2) is 0 Å². The molecule has 5 heteroatoms. The zero-order valence-corrected chi connectivity index (χ0v) is 11.5. The van der Waals surface area contributed by atoms with Gasteiger partial charge < -0.3 is 13.5 Å². The molecule has 2 atom stereocenters. The minimum Gasteiger partial charge on any atom is -0.314 e. The minimum absolute atomic E-state index is 0.898. The first-order chi connectivity index (χ1) is 7.41. The first kappa shape index (κ1) is 11.2. The van der Waals surface area contributed by atoms with E-state index in [2.05, 4.69) is 19.0 Å². The molecule has 0 amide bonds. The summed E-state index contributed by atoms with van der Waals surface area (Å²) < 4.78 is 15.2. The van der Waals surface area contributed by atoms with Crippen LogP contribution in [0.2, 0.25) is 0 Å². The quantitative estimate of drug-likeness (QED) is 0.456. The topological polar surface area (TPSA) is 20.3 Å². The van der Waals surface area contributed by atoms with Gasteiger partial charge in [0.25, 0.3) is 0 Å². The summed E-state index contributed by atoms with van der Waals surface area (Å²) in [5, 5.41) is 0. The largest absolute Gasteiger partial charge is 0.314 e. The first-order valence-corrected chi connectivity index (χ1v) is 8.63. The highest BCUT2D eigenvalue weighted by molar-refractivity contribution is 7.63. The first-order valence-electron chi connectivity index (χ1n) is 6.37. The Balaban J connectivity index is 2.07. The Morgan fingerprint density at radius 3 is 1.94 bits per heavy atom. The summed E-state index contributed by atoms with van der Waals surface area (Å²) in [6, 6.07) is 0. The molecule has 3 aliphatic heterocycles. The molecular formula is C11H24N3OP+2. The summed E-state index contributed by atoms with van der Waals surface area (Å²) in [7, 11) is 2.67. The van der Waals surface area contributed by atoms with E-state index in [4.69, 9.17) is 0 Å². The van der Waals surface area contributed by atoms with Crippen molar-refractivity contribution >= 4 is 7.14 Å². The SMILES string of the molecule is C[N+]12CCN3CC[N+](C)(CC1)CP(=O)(C3)C2. The van der Waals surface area contributed by atoms with Crippen molar-refractivity contribution in [1.29, 1.82) is 0 Å². The molecule has 0 aromatic heterocycles. The van der Waals surface area contributed by atoms with Crippen LogP contribution in [0.4, 0.5) is 0 Å². The lowest BCUT2D eigenvalue weighted by atomic mass is 10.4. The maximum atomic E-state index is 13.1. The summed E-state index contributed by atoms with van der Waals surface area (Å²) in [5.41, 5.74) is 0. The minimum atomic E-state index is -1.96. The highest BCUT2D eigenvalue weighted by atomic mass is 31.2. The van der Waals surface area contributed by atoms with Crippen LogP contribution in [0, 0.1) is 0 Å². The van der Waals surface area contributed by atoms with Gasteiger partial charge in [-0.15, -0.1) is 0 Å². The van der Waals surface area contributed by atoms with Crippen molar-refractivity contribution in [3.05, 3.63) is 0 Å². The zero-order valence-electron chi connectivity index (χ0n) is 10.6. The van der Waals surface area contributed by atoms with Crippen molar-refractivity contribution in [2.24, 2.45) is 0 Å². The molecule has 3 rings (SSSR count). The monoisotopic (exact) mass is 245 g/mol. The molecule has 3 aliphatic rings. The Kier molecular flexibility index (Phi) is 2.33. The van der Waals surface area contributed by atoms with Gasteiger partial charge in [0.1, 0.15) is 25.7 Å². The molecule has 16 heavy (non-hydrogen) atoms. The lowest BCUT2D eigenvalue weighted by Crippen LogP contribution is -2.51. The van der Waals surface area contributed by atoms with E-state index in [-0.39, 0.29) is 0 Å². The van der Waals surface area contributed by atoms with Gasteiger partial charge in [-0.2, -0.15) is 0 Å². The number of rotatable bonds is 0. The van der Waals surface area contributed by atoms with Gasteiger partial charge >= 0.3 is 0 Å².